The molecule has 0 radical (unpaired) electrons. The highest BCUT2D eigenvalue weighted by atomic mass is 79.9. The minimum Gasteiger partial charge on any atom is -0.207 e. The van der Waals surface area contributed by atoms with Gasteiger partial charge in [-0.1, -0.05) is 22.0 Å². The highest BCUT2D eigenvalue weighted by Gasteiger charge is 2.38. The van der Waals surface area contributed by atoms with Gasteiger partial charge in [-0.05, 0) is 44.9 Å². The van der Waals surface area contributed by atoms with E-state index in [1.807, 2.05) is 32.9 Å². The molecule has 1 aliphatic heterocycles. The highest BCUT2D eigenvalue weighted by Crippen LogP contribution is 2.33. The molecule has 0 aromatic heterocycles. The zero-order valence-electron chi connectivity index (χ0n) is 10.2. The molecule has 94 valence electrons. The van der Waals surface area contributed by atoms with Crippen molar-refractivity contribution in [1.82, 2.24) is 4.31 Å². The first-order valence-corrected chi connectivity index (χ1v) is 7.77. The molecule has 1 aliphatic rings. The fourth-order valence-corrected chi connectivity index (χ4v) is 4.71. The van der Waals surface area contributed by atoms with E-state index in [2.05, 4.69) is 15.9 Å². The van der Waals surface area contributed by atoms with Crippen LogP contribution in [0.25, 0.3) is 0 Å². The zero-order chi connectivity index (χ0) is 12.8. The number of benzene rings is 1. The summed E-state index contributed by atoms with van der Waals surface area (Å²) < 4.78 is 27.4. The minimum atomic E-state index is -3.36. The lowest BCUT2D eigenvalue weighted by atomic mass is 10.1. The normalized spacial score (nSPS) is 20.0. The van der Waals surface area contributed by atoms with Gasteiger partial charge in [0.2, 0.25) is 10.0 Å². The first-order chi connectivity index (χ1) is 7.73. The van der Waals surface area contributed by atoms with Gasteiger partial charge in [-0.2, -0.15) is 4.31 Å². The van der Waals surface area contributed by atoms with E-state index in [0.29, 0.717) is 11.4 Å². The molecule has 0 amide bonds. The Labute approximate surface area is 111 Å². The van der Waals surface area contributed by atoms with Crippen LogP contribution >= 0.6 is 15.9 Å². The number of rotatable bonds is 0. The summed E-state index contributed by atoms with van der Waals surface area (Å²) in [6, 6.07) is 5.47. The van der Waals surface area contributed by atoms with Crippen molar-refractivity contribution >= 4 is 26.0 Å². The second-order valence-corrected chi connectivity index (χ2v) is 8.00. The molecule has 0 fully saturated rings. The molecule has 3 nitrogen and oxygen atoms in total. The van der Waals surface area contributed by atoms with Crippen LogP contribution in [0.2, 0.25) is 0 Å². The van der Waals surface area contributed by atoms with E-state index in [0.717, 1.165) is 16.5 Å². The third kappa shape index (κ3) is 2.28. The molecule has 1 heterocycles. The molecule has 5 heteroatoms. The van der Waals surface area contributed by atoms with Crippen LogP contribution in [0.15, 0.2) is 27.6 Å². The van der Waals surface area contributed by atoms with Gasteiger partial charge in [0.25, 0.3) is 0 Å². The van der Waals surface area contributed by atoms with Gasteiger partial charge in [-0.15, -0.1) is 0 Å². The second kappa shape index (κ2) is 4.07. The molecule has 0 saturated carbocycles. The average Bonchev–Trinajstić information content (AvgIpc) is 2.16. The number of fused-ring (bicyclic) bond motifs is 1. The maximum absolute atomic E-state index is 12.5. The fourth-order valence-electron chi connectivity index (χ4n) is 2.13. The van der Waals surface area contributed by atoms with Gasteiger partial charge in [-0.3, -0.25) is 0 Å². The molecular formula is C12H16BrNO2S. The number of halogens is 1. The number of hydrogen-bond acceptors (Lipinski definition) is 2. The average molecular weight is 318 g/mol. The largest absolute Gasteiger partial charge is 0.243 e. The van der Waals surface area contributed by atoms with Crippen LogP contribution in [0, 0.1) is 0 Å². The Morgan fingerprint density at radius 3 is 2.53 bits per heavy atom. The Kier molecular flexibility index (Phi) is 3.13. The van der Waals surface area contributed by atoms with Crippen molar-refractivity contribution in [2.24, 2.45) is 0 Å². The molecule has 0 aliphatic carbocycles. The van der Waals surface area contributed by atoms with Gasteiger partial charge < -0.3 is 0 Å². The quantitative estimate of drug-likeness (QED) is 0.738. The Hall–Kier alpha value is -0.390. The van der Waals surface area contributed by atoms with E-state index in [4.69, 9.17) is 0 Å². The predicted molar refractivity (Wildman–Crippen MR) is 71.5 cm³/mol. The Morgan fingerprint density at radius 1 is 1.29 bits per heavy atom. The van der Waals surface area contributed by atoms with Crippen molar-refractivity contribution in [2.75, 3.05) is 6.54 Å². The van der Waals surface area contributed by atoms with Gasteiger partial charge in [0, 0.05) is 16.6 Å². The minimum absolute atomic E-state index is 0.376. The van der Waals surface area contributed by atoms with Crippen molar-refractivity contribution < 1.29 is 8.42 Å². The van der Waals surface area contributed by atoms with E-state index >= 15 is 0 Å². The van der Waals surface area contributed by atoms with E-state index < -0.39 is 10.0 Å². The second-order valence-electron chi connectivity index (χ2n) is 5.25. The Bertz CT molecular complexity index is 546. The van der Waals surface area contributed by atoms with Crippen LogP contribution in [0.5, 0.6) is 0 Å². The molecule has 0 bridgehead atoms. The van der Waals surface area contributed by atoms with Crippen LogP contribution in [0.3, 0.4) is 0 Å². The van der Waals surface area contributed by atoms with Gasteiger partial charge in [0.15, 0.2) is 0 Å². The predicted octanol–water partition coefficient (Wildman–Crippen LogP) is 2.79. The van der Waals surface area contributed by atoms with E-state index in [1.54, 1.807) is 10.4 Å². The van der Waals surface area contributed by atoms with Gasteiger partial charge in [0.1, 0.15) is 0 Å². The van der Waals surface area contributed by atoms with Crippen LogP contribution in [-0.4, -0.2) is 24.8 Å². The third-order valence-electron chi connectivity index (χ3n) is 2.93. The van der Waals surface area contributed by atoms with Crippen molar-refractivity contribution in [3.8, 4) is 0 Å². The molecule has 2 rings (SSSR count). The molecular weight excluding hydrogens is 302 g/mol. The van der Waals surface area contributed by atoms with Crippen LogP contribution < -0.4 is 0 Å². The lowest BCUT2D eigenvalue weighted by Gasteiger charge is -2.37. The molecule has 17 heavy (non-hydrogen) atoms. The van der Waals surface area contributed by atoms with Crippen molar-refractivity contribution in [3.63, 3.8) is 0 Å². The summed E-state index contributed by atoms with van der Waals surface area (Å²) in [5.74, 6) is 0. The summed E-state index contributed by atoms with van der Waals surface area (Å²) in [6.07, 6.45) is 0.777. The van der Waals surface area contributed by atoms with Crippen molar-refractivity contribution in [1.29, 1.82) is 0 Å². The van der Waals surface area contributed by atoms with Crippen LogP contribution in [0.1, 0.15) is 26.3 Å². The standard InChI is InChI=1S/C12H16BrNO2S/c1-12(2,3)14-7-6-9-4-5-10(13)8-11(9)17(14,15)16/h4-5,8H,6-7H2,1-3H3. The third-order valence-corrected chi connectivity index (χ3v) is 5.67. The molecule has 0 saturated heterocycles. The molecule has 1 aromatic rings. The fraction of sp³-hybridized carbons (Fsp3) is 0.500. The first-order valence-electron chi connectivity index (χ1n) is 5.54. The molecule has 0 spiro atoms. The van der Waals surface area contributed by atoms with E-state index in [1.165, 1.54) is 0 Å². The molecule has 0 atom stereocenters. The van der Waals surface area contributed by atoms with Gasteiger partial charge >= 0.3 is 0 Å². The number of nitrogens with zero attached hydrogens (tertiary/aromatic N) is 1. The SMILES string of the molecule is CC(C)(C)N1CCc2ccc(Br)cc2S1(=O)=O. The monoisotopic (exact) mass is 317 g/mol. The maximum Gasteiger partial charge on any atom is 0.243 e. The summed E-state index contributed by atoms with van der Waals surface area (Å²) >= 11 is 3.33. The summed E-state index contributed by atoms with van der Waals surface area (Å²) in [7, 11) is -3.36. The topological polar surface area (TPSA) is 37.4 Å². The first kappa shape index (κ1) is 13.1. The highest BCUT2D eigenvalue weighted by molar-refractivity contribution is 9.10. The Balaban J connectivity index is 2.60. The maximum atomic E-state index is 12.5. The van der Waals surface area contributed by atoms with Crippen molar-refractivity contribution in [2.45, 2.75) is 37.6 Å². The number of sulfonamides is 1. The Morgan fingerprint density at radius 2 is 1.94 bits per heavy atom. The van der Waals surface area contributed by atoms with Gasteiger partial charge in [-0.25, -0.2) is 8.42 Å². The summed E-state index contributed by atoms with van der Waals surface area (Å²) in [4.78, 5) is 0.438. The van der Waals surface area contributed by atoms with Crippen LogP contribution in [-0.2, 0) is 16.4 Å². The smallest absolute Gasteiger partial charge is 0.207 e. The summed E-state index contributed by atoms with van der Waals surface area (Å²) in [5.41, 5.74) is 0.535. The van der Waals surface area contributed by atoms with Crippen LogP contribution in [0.4, 0.5) is 0 Å². The van der Waals surface area contributed by atoms with Gasteiger partial charge in [0.05, 0.1) is 4.90 Å². The van der Waals surface area contributed by atoms with Crippen molar-refractivity contribution in [3.05, 3.63) is 28.2 Å². The molecule has 0 unspecified atom stereocenters. The summed E-state index contributed by atoms with van der Waals surface area (Å²) in [5, 5.41) is 0. The lowest BCUT2D eigenvalue weighted by Crippen LogP contribution is -2.48. The van der Waals surface area contributed by atoms with E-state index in [-0.39, 0.29) is 5.54 Å². The zero-order valence-corrected chi connectivity index (χ0v) is 12.6. The number of hydrogen-bond donors (Lipinski definition) is 0. The van der Waals surface area contributed by atoms with E-state index in [9.17, 15) is 8.42 Å². The molecule has 1 aromatic carbocycles. The lowest BCUT2D eigenvalue weighted by molar-refractivity contribution is 0.245. The molecule has 0 N–H and O–H groups in total. The summed E-state index contributed by atoms with van der Waals surface area (Å²) in [6.45, 7) is 6.33.